The standard InChI is InChI=1S/C12H18N2/c1-10-4-6-12(14-10)7-5-11-3-2-8-13-9-11/h2-3,8-10,12,14H,4-7H2,1H3/t10-,12-/m1/s1. The van der Waals surface area contributed by atoms with E-state index in [9.17, 15) is 0 Å². The minimum absolute atomic E-state index is 0.717. The van der Waals surface area contributed by atoms with Crippen molar-refractivity contribution in [1.82, 2.24) is 10.3 Å². The Morgan fingerprint density at radius 3 is 3.07 bits per heavy atom. The molecule has 1 aromatic rings. The van der Waals surface area contributed by atoms with Crippen LogP contribution in [0, 0.1) is 0 Å². The second kappa shape index (κ2) is 4.56. The molecule has 0 bridgehead atoms. The molecule has 0 aromatic carbocycles. The van der Waals surface area contributed by atoms with Crippen molar-refractivity contribution in [3.8, 4) is 0 Å². The van der Waals surface area contributed by atoms with Gasteiger partial charge in [0.2, 0.25) is 0 Å². The number of aromatic nitrogens is 1. The number of nitrogens with zero attached hydrogens (tertiary/aromatic N) is 1. The van der Waals surface area contributed by atoms with Gasteiger partial charge >= 0.3 is 0 Å². The Labute approximate surface area is 85.7 Å². The van der Waals surface area contributed by atoms with Crippen LogP contribution in [-0.4, -0.2) is 17.1 Å². The highest BCUT2D eigenvalue weighted by atomic mass is 15.0. The molecule has 1 saturated heterocycles. The fourth-order valence-electron chi connectivity index (χ4n) is 2.13. The van der Waals surface area contributed by atoms with Crippen molar-refractivity contribution in [2.24, 2.45) is 0 Å². The maximum absolute atomic E-state index is 4.12. The molecule has 1 N–H and O–H groups in total. The molecule has 2 atom stereocenters. The van der Waals surface area contributed by atoms with E-state index < -0.39 is 0 Å². The van der Waals surface area contributed by atoms with Crippen LogP contribution in [0.5, 0.6) is 0 Å². The van der Waals surface area contributed by atoms with E-state index in [0.717, 1.165) is 12.5 Å². The summed E-state index contributed by atoms with van der Waals surface area (Å²) in [7, 11) is 0. The first-order valence-electron chi connectivity index (χ1n) is 5.49. The number of rotatable bonds is 3. The summed E-state index contributed by atoms with van der Waals surface area (Å²) < 4.78 is 0. The van der Waals surface area contributed by atoms with Crippen LogP contribution in [0.15, 0.2) is 24.5 Å². The van der Waals surface area contributed by atoms with Gasteiger partial charge in [0.1, 0.15) is 0 Å². The highest BCUT2D eigenvalue weighted by Crippen LogP contribution is 2.16. The van der Waals surface area contributed by atoms with E-state index in [1.807, 2.05) is 18.5 Å². The van der Waals surface area contributed by atoms with Gasteiger partial charge in [0.25, 0.3) is 0 Å². The van der Waals surface area contributed by atoms with E-state index in [0.29, 0.717) is 6.04 Å². The Morgan fingerprint density at radius 1 is 1.50 bits per heavy atom. The normalized spacial score (nSPS) is 26.6. The van der Waals surface area contributed by atoms with Gasteiger partial charge in [-0.2, -0.15) is 0 Å². The van der Waals surface area contributed by atoms with Crippen molar-refractivity contribution >= 4 is 0 Å². The van der Waals surface area contributed by atoms with Gasteiger partial charge in [-0.25, -0.2) is 0 Å². The van der Waals surface area contributed by atoms with Gasteiger partial charge in [-0.3, -0.25) is 4.98 Å². The maximum atomic E-state index is 4.12. The lowest BCUT2D eigenvalue weighted by molar-refractivity contribution is 0.527. The van der Waals surface area contributed by atoms with Crippen LogP contribution in [0.4, 0.5) is 0 Å². The molecule has 1 fully saturated rings. The molecule has 0 unspecified atom stereocenters. The molecule has 0 saturated carbocycles. The van der Waals surface area contributed by atoms with Crippen molar-refractivity contribution < 1.29 is 0 Å². The van der Waals surface area contributed by atoms with Gasteiger partial charge < -0.3 is 5.32 Å². The third-order valence-corrected chi connectivity index (χ3v) is 2.97. The average Bonchev–Trinajstić information content (AvgIpc) is 2.63. The Balaban J connectivity index is 1.78. The lowest BCUT2D eigenvalue weighted by atomic mass is 10.1. The van der Waals surface area contributed by atoms with Crippen LogP contribution in [-0.2, 0) is 6.42 Å². The van der Waals surface area contributed by atoms with Crippen LogP contribution in [0.2, 0.25) is 0 Å². The minimum atomic E-state index is 0.717. The molecule has 1 aliphatic heterocycles. The van der Waals surface area contributed by atoms with Crippen molar-refractivity contribution in [3.05, 3.63) is 30.1 Å². The van der Waals surface area contributed by atoms with E-state index in [-0.39, 0.29) is 0 Å². The van der Waals surface area contributed by atoms with E-state index in [2.05, 4.69) is 23.3 Å². The molecule has 0 spiro atoms. The molecular formula is C12H18N2. The highest BCUT2D eigenvalue weighted by Gasteiger charge is 2.19. The summed E-state index contributed by atoms with van der Waals surface area (Å²) in [6, 6.07) is 5.62. The first kappa shape index (κ1) is 9.66. The summed E-state index contributed by atoms with van der Waals surface area (Å²) in [6.07, 6.45) is 8.87. The van der Waals surface area contributed by atoms with Crippen molar-refractivity contribution in [1.29, 1.82) is 0 Å². The molecule has 2 rings (SSSR count). The van der Waals surface area contributed by atoms with Crippen LogP contribution in [0.3, 0.4) is 0 Å². The Kier molecular flexibility index (Phi) is 3.14. The number of pyridine rings is 1. The topological polar surface area (TPSA) is 24.9 Å². The van der Waals surface area contributed by atoms with E-state index in [4.69, 9.17) is 0 Å². The molecule has 0 amide bonds. The fourth-order valence-corrected chi connectivity index (χ4v) is 2.13. The SMILES string of the molecule is C[C@@H]1CC[C@H](CCc2cccnc2)N1. The monoisotopic (exact) mass is 190 g/mol. The molecule has 2 heteroatoms. The number of aryl methyl sites for hydroxylation is 1. The third kappa shape index (κ3) is 2.55. The van der Waals surface area contributed by atoms with Crippen LogP contribution in [0.25, 0.3) is 0 Å². The predicted octanol–water partition coefficient (Wildman–Crippen LogP) is 2.15. The van der Waals surface area contributed by atoms with Gasteiger partial charge in [0.15, 0.2) is 0 Å². The van der Waals surface area contributed by atoms with Gasteiger partial charge in [-0.15, -0.1) is 0 Å². The maximum Gasteiger partial charge on any atom is 0.0299 e. The summed E-state index contributed by atoms with van der Waals surface area (Å²) >= 11 is 0. The summed E-state index contributed by atoms with van der Waals surface area (Å²) in [5.41, 5.74) is 1.36. The van der Waals surface area contributed by atoms with Crippen LogP contribution in [0.1, 0.15) is 31.7 Å². The van der Waals surface area contributed by atoms with Gasteiger partial charge in [-0.05, 0) is 44.2 Å². The molecule has 14 heavy (non-hydrogen) atoms. The number of hydrogen-bond acceptors (Lipinski definition) is 2. The molecule has 76 valence electrons. The predicted molar refractivity (Wildman–Crippen MR) is 58.2 cm³/mol. The van der Waals surface area contributed by atoms with Crippen LogP contribution < -0.4 is 5.32 Å². The number of nitrogens with one attached hydrogen (secondary N) is 1. The fraction of sp³-hybridized carbons (Fsp3) is 0.583. The van der Waals surface area contributed by atoms with Crippen molar-refractivity contribution in [2.45, 2.75) is 44.7 Å². The molecule has 1 aliphatic rings. The molecule has 1 aromatic heterocycles. The number of hydrogen-bond donors (Lipinski definition) is 1. The summed E-state index contributed by atoms with van der Waals surface area (Å²) in [5.74, 6) is 0. The smallest absolute Gasteiger partial charge is 0.0299 e. The molecular weight excluding hydrogens is 172 g/mol. The van der Waals surface area contributed by atoms with E-state index in [1.165, 1.54) is 24.8 Å². The zero-order chi connectivity index (χ0) is 9.80. The zero-order valence-corrected chi connectivity index (χ0v) is 8.74. The largest absolute Gasteiger partial charge is 0.311 e. The molecule has 0 aliphatic carbocycles. The molecule has 0 radical (unpaired) electrons. The highest BCUT2D eigenvalue weighted by molar-refractivity contribution is 5.08. The third-order valence-electron chi connectivity index (χ3n) is 2.97. The average molecular weight is 190 g/mol. The minimum Gasteiger partial charge on any atom is -0.311 e. The van der Waals surface area contributed by atoms with Gasteiger partial charge in [-0.1, -0.05) is 6.07 Å². The first-order chi connectivity index (χ1) is 6.84. The summed E-state index contributed by atoms with van der Waals surface area (Å²) in [4.78, 5) is 4.12. The second-order valence-electron chi connectivity index (χ2n) is 4.24. The lowest BCUT2D eigenvalue weighted by Crippen LogP contribution is -2.27. The first-order valence-corrected chi connectivity index (χ1v) is 5.49. The van der Waals surface area contributed by atoms with E-state index in [1.54, 1.807) is 0 Å². The van der Waals surface area contributed by atoms with Crippen LogP contribution >= 0.6 is 0 Å². The Hall–Kier alpha value is -0.890. The Morgan fingerprint density at radius 2 is 2.43 bits per heavy atom. The summed E-state index contributed by atoms with van der Waals surface area (Å²) in [6.45, 7) is 2.27. The summed E-state index contributed by atoms with van der Waals surface area (Å²) in [5, 5.41) is 3.60. The van der Waals surface area contributed by atoms with E-state index >= 15 is 0 Å². The molecule has 2 nitrogen and oxygen atoms in total. The van der Waals surface area contributed by atoms with Gasteiger partial charge in [0.05, 0.1) is 0 Å². The molecule has 2 heterocycles. The van der Waals surface area contributed by atoms with Crippen molar-refractivity contribution in [2.75, 3.05) is 0 Å². The second-order valence-corrected chi connectivity index (χ2v) is 4.24. The van der Waals surface area contributed by atoms with Gasteiger partial charge in [0, 0.05) is 24.5 Å². The Bertz CT molecular complexity index is 271. The van der Waals surface area contributed by atoms with Crippen molar-refractivity contribution in [3.63, 3.8) is 0 Å². The zero-order valence-electron chi connectivity index (χ0n) is 8.74. The lowest BCUT2D eigenvalue weighted by Gasteiger charge is -2.10. The quantitative estimate of drug-likeness (QED) is 0.790.